The second-order valence-electron chi connectivity index (χ2n) is 6.91. The molecule has 1 aromatic rings. The molecule has 2 aliphatic rings. The molecule has 2 atom stereocenters. The molecular weight excluding hydrogens is 306 g/mol. The second kappa shape index (κ2) is 6.81. The van der Waals surface area contributed by atoms with Crippen LogP contribution in [0, 0.1) is 12.8 Å². The van der Waals surface area contributed by atoms with Gasteiger partial charge in [-0.15, -0.1) is 0 Å². The van der Waals surface area contributed by atoms with E-state index in [9.17, 15) is 9.59 Å². The Hall–Kier alpha value is -2.08. The van der Waals surface area contributed by atoms with Crippen molar-refractivity contribution < 1.29 is 14.3 Å². The lowest BCUT2D eigenvalue weighted by Crippen LogP contribution is -2.56. The molecule has 3 rings (SSSR count). The summed E-state index contributed by atoms with van der Waals surface area (Å²) in [6.07, 6.45) is 1.97. The van der Waals surface area contributed by atoms with Gasteiger partial charge >= 0.3 is 6.03 Å². The number of carbonyl (C=O) groups is 2. The molecule has 2 aliphatic heterocycles. The minimum Gasteiger partial charge on any atom is -0.492 e. The number of ether oxygens (including phenoxy) is 1. The highest BCUT2D eigenvalue weighted by Crippen LogP contribution is 2.29. The van der Waals surface area contributed by atoms with Crippen molar-refractivity contribution >= 4 is 11.9 Å². The minimum absolute atomic E-state index is 0.122. The third-order valence-corrected chi connectivity index (χ3v) is 5.09. The number of piperidine rings is 1. The van der Waals surface area contributed by atoms with E-state index in [2.05, 4.69) is 22.5 Å². The van der Waals surface area contributed by atoms with Crippen LogP contribution in [0.2, 0.25) is 0 Å². The number of aryl methyl sites for hydroxylation is 1. The number of rotatable bonds is 5. The van der Waals surface area contributed by atoms with E-state index in [1.807, 2.05) is 31.2 Å². The zero-order valence-corrected chi connectivity index (χ0v) is 14.3. The molecule has 6 heteroatoms. The molecule has 2 fully saturated rings. The summed E-state index contributed by atoms with van der Waals surface area (Å²) < 4.78 is 5.80. The maximum absolute atomic E-state index is 12.1. The first-order valence-corrected chi connectivity index (χ1v) is 8.53. The normalized spacial score (nSPS) is 27.7. The first-order valence-electron chi connectivity index (χ1n) is 8.53. The molecule has 1 aromatic carbocycles. The highest BCUT2D eigenvalue weighted by molar-refractivity contribution is 6.06. The molecule has 3 amide bonds. The van der Waals surface area contributed by atoms with Gasteiger partial charge < -0.3 is 10.1 Å². The number of hydrogen-bond donors (Lipinski definition) is 2. The zero-order chi connectivity index (χ0) is 17.2. The molecule has 24 heavy (non-hydrogen) atoms. The zero-order valence-electron chi connectivity index (χ0n) is 14.3. The highest BCUT2D eigenvalue weighted by atomic mass is 16.5. The quantitative estimate of drug-likeness (QED) is 0.806. The summed E-state index contributed by atoms with van der Waals surface area (Å²) in [5.41, 5.74) is 0.416. The van der Waals surface area contributed by atoms with Gasteiger partial charge in [0.05, 0.1) is 0 Å². The van der Waals surface area contributed by atoms with Crippen LogP contribution in [-0.4, -0.2) is 48.6 Å². The van der Waals surface area contributed by atoms with Crippen molar-refractivity contribution in [3.63, 3.8) is 0 Å². The van der Waals surface area contributed by atoms with Crippen molar-refractivity contribution in [1.29, 1.82) is 0 Å². The predicted octanol–water partition coefficient (Wildman–Crippen LogP) is 1.68. The SMILES string of the molecule is Cc1ccc(OCCN2CCCC(C3(C)NC(=O)NC3=O)C2)cc1. The van der Waals surface area contributed by atoms with Gasteiger partial charge in [-0.1, -0.05) is 17.7 Å². The number of imide groups is 1. The molecule has 6 nitrogen and oxygen atoms in total. The average Bonchev–Trinajstić information content (AvgIpc) is 2.83. The molecule has 0 aromatic heterocycles. The Kier molecular flexibility index (Phi) is 4.76. The van der Waals surface area contributed by atoms with Crippen molar-refractivity contribution in [3.05, 3.63) is 29.8 Å². The summed E-state index contributed by atoms with van der Waals surface area (Å²) >= 11 is 0. The van der Waals surface area contributed by atoms with Gasteiger partial charge in [0.15, 0.2) is 0 Å². The number of hydrogen-bond acceptors (Lipinski definition) is 4. The molecule has 2 saturated heterocycles. The van der Waals surface area contributed by atoms with Crippen LogP contribution in [0.1, 0.15) is 25.3 Å². The topological polar surface area (TPSA) is 70.7 Å². The van der Waals surface area contributed by atoms with Crippen molar-refractivity contribution in [2.45, 2.75) is 32.2 Å². The van der Waals surface area contributed by atoms with Crippen LogP contribution in [0.15, 0.2) is 24.3 Å². The van der Waals surface area contributed by atoms with Gasteiger partial charge in [0.1, 0.15) is 17.9 Å². The fourth-order valence-corrected chi connectivity index (χ4v) is 3.50. The van der Waals surface area contributed by atoms with E-state index >= 15 is 0 Å². The van der Waals surface area contributed by atoms with Crippen molar-refractivity contribution in [3.8, 4) is 5.75 Å². The number of nitrogens with one attached hydrogen (secondary N) is 2. The lowest BCUT2D eigenvalue weighted by atomic mass is 9.80. The first kappa shape index (κ1) is 16.8. The maximum atomic E-state index is 12.1. The number of urea groups is 1. The third kappa shape index (κ3) is 3.53. The molecule has 0 saturated carbocycles. The summed E-state index contributed by atoms with van der Waals surface area (Å²) in [6, 6.07) is 7.65. The van der Waals surface area contributed by atoms with E-state index in [1.54, 1.807) is 0 Å². The van der Waals surface area contributed by atoms with E-state index in [0.29, 0.717) is 6.61 Å². The lowest BCUT2D eigenvalue weighted by Gasteiger charge is -2.39. The minimum atomic E-state index is -0.798. The number of nitrogens with zero attached hydrogens (tertiary/aromatic N) is 1. The van der Waals surface area contributed by atoms with E-state index in [4.69, 9.17) is 4.74 Å². The van der Waals surface area contributed by atoms with Crippen molar-refractivity contribution in [2.24, 2.45) is 5.92 Å². The standard InChI is InChI=1S/C18H25N3O3/c1-13-5-7-15(8-6-13)24-11-10-21-9-3-4-14(12-21)18(2)16(22)19-17(23)20-18/h5-8,14H,3-4,9-12H2,1-2H3,(H2,19,20,22,23). The van der Waals surface area contributed by atoms with Gasteiger partial charge in [-0.2, -0.15) is 0 Å². The molecule has 130 valence electrons. The first-order chi connectivity index (χ1) is 11.5. The fraction of sp³-hybridized carbons (Fsp3) is 0.556. The fourth-order valence-electron chi connectivity index (χ4n) is 3.50. The number of carbonyl (C=O) groups excluding carboxylic acids is 2. The van der Waals surface area contributed by atoms with Crippen LogP contribution in [0.3, 0.4) is 0 Å². The van der Waals surface area contributed by atoms with Gasteiger partial charge in [-0.25, -0.2) is 4.79 Å². The van der Waals surface area contributed by atoms with Gasteiger partial charge in [0.2, 0.25) is 0 Å². The van der Waals surface area contributed by atoms with Crippen LogP contribution >= 0.6 is 0 Å². The maximum Gasteiger partial charge on any atom is 0.322 e. The Labute approximate surface area is 142 Å². The Bertz CT molecular complexity index is 616. The summed E-state index contributed by atoms with van der Waals surface area (Å²) in [6.45, 7) is 7.10. The van der Waals surface area contributed by atoms with E-state index in [1.165, 1.54) is 5.56 Å². The Balaban J connectivity index is 1.51. The summed E-state index contributed by atoms with van der Waals surface area (Å²) in [5.74, 6) is 0.788. The monoisotopic (exact) mass is 331 g/mol. The van der Waals surface area contributed by atoms with Crippen molar-refractivity contribution in [2.75, 3.05) is 26.2 Å². The Morgan fingerprint density at radius 1 is 1.29 bits per heavy atom. The molecule has 0 radical (unpaired) electrons. The summed E-state index contributed by atoms with van der Waals surface area (Å²) in [7, 11) is 0. The van der Waals surface area contributed by atoms with E-state index < -0.39 is 5.54 Å². The van der Waals surface area contributed by atoms with Crippen LogP contribution in [0.4, 0.5) is 4.79 Å². The second-order valence-corrected chi connectivity index (χ2v) is 6.91. The molecule has 0 bridgehead atoms. The van der Waals surface area contributed by atoms with Gasteiger partial charge in [0.25, 0.3) is 5.91 Å². The molecule has 0 aliphatic carbocycles. The number of benzene rings is 1. The number of likely N-dealkylation sites (tertiary alicyclic amines) is 1. The lowest BCUT2D eigenvalue weighted by molar-refractivity contribution is -0.126. The van der Waals surface area contributed by atoms with Crippen LogP contribution in [0.5, 0.6) is 5.75 Å². The largest absolute Gasteiger partial charge is 0.492 e. The van der Waals surface area contributed by atoms with Crippen LogP contribution in [-0.2, 0) is 4.79 Å². The predicted molar refractivity (Wildman–Crippen MR) is 90.9 cm³/mol. The van der Waals surface area contributed by atoms with Crippen molar-refractivity contribution in [1.82, 2.24) is 15.5 Å². The van der Waals surface area contributed by atoms with Crippen LogP contribution < -0.4 is 15.4 Å². The van der Waals surface area contributed by atoms with E-state index in [-0.39, 0.29) is 17.9 Å². The number of amides is 3. The molecule has 2 unspecified atom stereocenters. The third-order valence-electron chi connectivity index (χ3n) is 5.09. The molecular formula is C18H25N3O3. The summed E-state index contributed by atoms with van der Waals surface area (Å²) in [5, 5.41) is 5.16. The van der Waals surface area contributed by atoms with Gasteiger partial charge in [0, 0.05) is 19.0 Å². The molecule has 0 spiro atoms. The molecule has 2 heterocycles. The van der Waals surface area contributed by atoms with Gasteiger partial charge in [-0.3, -0.25) is 15.0 Å². The van der Waals surface area contributed by atoms with Crippen LogP contribution in [0.25, 0.3) is 0 Å². The smallest absolute Gasteiger partial charge is 0.322 e. The Morgan fingerprint density at radius 3 is 2.71 bits per heavy atom. The average molecular weight is 331 g/mol. The Morgan fingerprint density at radius 2 is 2.04 bits per heavy atom. The highest BCUT2D eigenvalue weighted by Gasteiger charge is 2.48. The summed E-state index contributed by atoms with van der Waals surface area (Å²) in [4.78, 5) is 25.9. The van der Waals surface area contributed by atoms with Gasteiger partial charge in [-0.05, 0) is 45.4 Å². The molecule has 2 N–H and O–H groups in total. The van der Waals surface area contributed by atoms with E-state index in [0.717, 1.165) is 38.2 Å².